The van der Waals surface area contributed by atoms with Crippen molar-refractivity contribution in [3.8, 4) is 0 Å². The minimum Gasteiger partial charge on any atom is -0.348 e. The Morgan fingerprint density at radius 2 is 1.74 bits per heavy atom. The molecule has 2 aromatic carbocycles. The van der Waals surface area contributed by atoms with Crippen LogP contribution in [-0.4, -0.2) is 40.5 Å². The van der Waals surface area contributed by atoms with Gasteiger partial charge in [0, 0.05) is 48.7 Å². The maximum absolute atomic E-state index is 13.3. The summed E-state index contributed by atoms with van der Waals surface area (Å²) in [4.78, 5) is 29.5. The zero-order chi connectivity index (χ0) is 21.4. The molecule has 2 atom stereocenters. The summed E-state index contributed by atoms with van der Waals surface area (Å²) in [6.45, 7) is 1.80. The lowest BCUT2D eigenvalue weighted by Gasteiger charge is -2.38. The molecule has 0 bridgehead atoms. The van der Waals surface area contributed by atoms with Crippen LogP contribution in [-0.2, 0) is 11.3 Å². The molecule has 2 aliphatic rings. The highest BCUT2D eigenvalue weighted by Gasteiger charge is 2.36. The van der Waals surface area contributed by atoms with Crippen LogP contribution in [0.2, 0.25) is 5.02 Å². The molecule has 0 radical (unpaired) electrons. The van der Waals surface area contributed by atoms with Crippen molar-refractivity contribution < 1.29 is 9.59 Å². The van der Waals surface area contributed by atoms with Crippen molar-refractivity contribution in [2.24, 2.45) is 0 Å². The monoisotopic (exact) mass is 434 g/mol. The molecule has 158 valence electrons. The smallest absolute Gasteiger partial charge is 0.318 e. The highest BCUT2D eigenvalue weighted by atomic mass is 35.5. The van der Waals surface area contributed by atoms with Crippen molar-refractivity contribution >= 4 is 29.2 Å². The lowest BCUT2D eigenvalue weighted by Crippen LogP contribution is -2.50. The summed E-state index contributed by atoms with van der Waals surface area (Å²) in [7, 11) is 0. The van der Waals surface area contributed by atoms with Crippen molar-refractivity contribution in [1.29, 1.82) is 0 Å². The van der Waals surface area contributed by atoms with E-state index in [1.54, 1.807) is 4.90 Å². The molecular formula is C24H23ClN4O2. The molecule has 5 rings (SSSR count). The van der Waals surface area contributed by atoms with Crippen molar-refractivity contribution in [3.05, 3.63) is 89.2 Å². The predicted octanol–water partition coefficient (Wildman–Crippen LogP) is 4.06. The maximum atomic E-state index is 13.3. The number of hydrogen-bond acceptors (Lipinski definition) is 2. The van der Waals surface area contributed by atoms with E-state index in [4.69, 9.17) is 11.6 Å². The van der Waals surface area contributed by atoms with Gasteiger partial charge in [0.2, 0.25) is 5.91 Å². The van der Waals surface area contributed by atoms with Crippen LogP contribution in [0.15, 0.2) is 72.9 Å². The third-order valence-corrected chi connectivity index (χ3v) is 6.26. The first-order chi connectivity index (χ1) is 15.1. The zero-order valence-corrected chi connectivity index (χ0v) is 17.7. The molecule has 0 aliphatic carbocycles. The van der Waals surface area contributed by atoms with Gasteiger partial charge >= 0.3 is 6.03 Å². The standard InChI is InChI=1S/C24H23ClN4O2/c25-18-10-8-17(9-11-18)23-21-7-4-12-27(21)13-14-28(23)24(31)26-19-15-22(30)29(16-19)20-5-2-1-3-6-20/h1-12,19,23H,13-16H2,(H,26,31). The van der Waals surface area contributed by atoms with E-state index in [1.807, 2.05) is 71.8 Å². The van der Waals surface area contributed by atoms with Gasteiger partial charge in [0.05, 0.1) is 12.1 Å². The Labute approximate surface area is 186 Å². The van der Waals surface area contributed by atoms with E-state index < -0.39 is 0 Å². The van der Waals surface area contributed by atoms with Crippen LogP contribution in [0.5, 0.6) is 0 Å². The topological polar surface area (TPSA) is 57.6 Å². The van der Waals surface area contributed by atoms with Crippen LogP contribution in [0, 0.1) is 0 Å². The fourth-order valence-corrected chi connectivity index (χ4v) is 4.64. The van der Waals surface area contributed by atoms with E-state index in [0.29, 0.717) is 24.5 Å². The number of urea groups is 1. The molecule has 7 heteroatoms. The second-order valence-corrected chi connectivity index (χ2v) is 8.40. The van der Waals surface area contributed by atoms with Crippen molar-refractivity contribution in [2.45, 2.75) is 25.0 Å². The Morgan fingerprint density at radius 1 is 0.968 bits per heavy atom. The van der Waals surface area contributed by atoms with Gasteiger partial charge in [-0.2, -0.15) is 0 Å². The van der Waals surface area contributed by atoms with E-state index in [0.717, 1.165) is 23.5 Å². The van der Waals surface area contributed by atoms with E-state index in [-0.39, 0.29) is 24.0 Å². The van der Waals surface area contributed by atoms with Gasteiger partial charge in [0.1, 0.15) is 0 Å². The molecule has 1 saturated heterocycles. The maximum Gasteiger partial charge on any atom is 0.318 e. The summed E-state index contributed by atoms with van der Waals surface area (Å²) >= 11 is 6.09. The minimum atomic E-state index is -0.222. The van der Waals surface area contributed by atoms with E-state index >= 15 is 0 Å². The number of benzene rings is 2. The number of hydrogen-bond donors (Lipinski definition) is 1. The Kier molecular flexibility index (Phi) is 5.16. The minimum absolute atomic E-state index is 0.0262. The zero-order valence-electron chi connectivity index (χ0n) is 16.9. The average Bonchev–Trinajstić information content (AvgIpc) is 3.40. The number of nitrogens with one attached hydrogen (secondary N) is 1. The quantitative estimate of drug-likeness (QED) is 0.675. The summed E-state index contributed by atoms with van der Waals surface area (Å²) in [6.07, 6.45) is 2.34. The number of carbonyl (C=O) groups excluding carboxylic acids is 2. The van der Waals surface area contributed by atoms with Gasteiger partial charge in [-0.15, -0.1) is 0 Å². The highest BCUT2D eigenvalue weighted by molar-refractivity contribution is 6.30. The van der Waals surface area contributed by atoms with Gasteiger partial charge in [0.15, 0.2) is 0 Å². The molecule has 3 aromatic rings. The van der Waals surface area contributed by atoms with Crippen LogP contribution in [0.1, 0.15) is 23.7 Å². The molecule has 1 N–H and O–H groups in total. The van der Waals surface area contributed by atoms with E-state index in [1.165, 1.54) is 0 Å². The van der Waals surface area contributed by atoms with Crippen molar-refractivity contribution in [3.63, 3.8) is 0 Å². The van der Waals surface area contributed by atoms with E-state index in [9.17, 15) is 9.59 Å². The number of halogens is 1. The second-order valence-electron chi connectivity index (χ2n) is 7.96. The van der Waals surface area contributed by atoms with E-state index in [2.05, 4.69) is 16.0 Å². The molecular weight excluding hydrogens is 412 g/mol. The third-order valence-electron chi connectivity index (χ3n) is 6.01. The van der Waals surface area contributed by atoms with Gasteiger partial charge in [-0.25, -0.2) is 4.79 Å². The molecule has 0 spiro atoms. The molecule has 6 nitrogen and oxygen atoms in total. The van der Waals surface area contributed by atoms with Crippen LogP contribution < -0.4 is 10.2 Å². The summed E-state index contributed by atoms with van der Waals surface area (Å²) < 4.78 is 2.18. The Bertz CT molecular complexity index is 1100. The third kappa shape index (κ3) is 3.79. The second kappa shape index (κ2) is 8.12. The summed E-state index contributed by atoms with van der Waals surface area (Å²) in [6, 6.07) is 20.7. The number of carbonyl (C=O) groups is 2. The lowest BCUT2D eigenvalue weighted by molar-refractivity contribution is -0.117. The SMILES string of the molecule is O=C1CC(NC(=O)N2CCn3cccc3C2c2ccc(Cl)cc2)CN1c1ccccc1. The summed E-state index contributed by atoms with van der Waals surface area (Å²) in [5.74, 6) is 0.0262. The highest BCUT2D eigenvalue weighted by Crippen LogP contribution is 2.33. The van der Waals surface area contributed by atoms with Crippen LogP contribution in [0.25, 0.3) is 0 Å². The van der Waals surface area contributed by atoms with Gasteiger partial charge < -0.3 is 19.7 Å². The number of rotatable bonds is 3. The fourth-order valence-electron chi connectivity index (χ4n) is 4.52. The molecule has 3 amide bonds. The van der Waals surface area contributed by atoms with Gasteiger partial charge in [-0.05, 0) is 42.0 Å². The van der Waals surface area contributed by atoms with Crippen molar-refractivity contribution in [1.82, 2.24) is 14.8 Å². The molecule has 0 saturated carbocycles. The first-order valence-corrected chi connectivity index (χ1v) is 10.8. The number of aromatic nitrogens is 1. The molecule has 1 fully saturated rings. The number of anilines is 1. The lowest BCUT2D eigenvalue weighted by atomic mass is 10.0. The Hall–Kier alpha value is -3.25. The molecule has 2 unspecified atom stereocenters. The first-order valence-electron chi connectivity index (χ1n) is 10.4. The largest absolute Gasteiger partial charge is 0.348 e. The number of fused-ring (bicyclic) bond motifs is 1. The average molecular weight is 435 g/mol. The first kappa shape index (κ1) is 19.7. The molecule has 1 aromatic heterocycles. The normalized spacial score (nSPS) is 20.6. The van der Waals surface area contributed by atoms with Gasteiger partial charge in [-0.1, -0.05) is 41.9 Å². The Balaban J connectivity index is 1.36. The number of para-hydroxylation sites is 1. The summed E-state index contributed by atoms with van der Waals surface area (Å²) in [5, 5.41) is 3.77. The Morgan fingerprint density at radius 3 is 2.52 bits per heavy atom. The fraction of sp³-hybridized carbons (Fsp3) is 0.250. The molecule has 31 heavy (non-hydrogen) atoms. The van der Waals surface area contributed by atoms with Gasteiger partial charge in [0.25, 0.3) is 0 Å². The van der Waals surface area contributed by atoms with Crippen LogP contribution in [0.3, 0.4) is 0 Å². The predicted molar refractivity (Wildman–Crippen MR) is 120 cm³/mol. The summed E-state index contributed by atoms with van der Waals surface area (Å²) in [5.41, 5.74) is 2.93. The number of amides is 3. The van der Waals surface area contributed by atoms with Gasteiger partial charge in [-0.3, -0.25) is 4.79 Å². The molecule has 2 aliphatic heterocycles. The van der Waals surface area contributed by atoms with Crippen LogP contribution in [0.4, 0.5) is 10.5 Å². The van der Waals surface area contributed by atoms with Crippen molar-refractivity contribution in [2.75, 3.05) is 18.0 Å². The molecule has 3 heterocycles. The number of nitrogens with zero attached hydrogens (tertiary/aromatic N) is 3. The van der Waals surface area contributed by atoms with Crippen LogP contribution >= 0.6 is 11.6 Å².